The molecule has 0 bridgehead atoms. The lowest BCUT2D eigenvalue weighted by Crippen LogP contribution is -2.51. The van der Waals surface area contributed by atoms with Gasteiger partial charge in [0.05, 0.1) is 5.39 Å². The molecule has 2 aromatic rings. The van der Waals surface area contributed by atoms with Crippen LogP contribution in [-0.2, 0) is 14.1 Å². The van der Waals surface area contributed by atoms with E-state index in [1.54, 1.807) is 17.0 Å². The van der Waals surface area contributed by atoms with Gasteiger partial charge < -0.3 is 10.6 Å². The molecule has 2 aromatic heterocycles. The summed E-state index contributed by atoms with van der Waals surface area (Å²) in [6, 6.07) is 2.96. The largest absolute Gasteiger partial charge is 0.333 e. The quantitative estimate of drug-likeness (QED) is 0.823. The van der Waals surface area contributed by atoms with E-state index in [-0.39, 0.29) is 29.3 Å². The average Bonchev–Trinajstić information content (AvgIpc) is 2.63. The summed E-state index contributed by atoms with van der Waals surface area (Å²) in [7, 11) is 2.96. The fraction of sp³-hybridized carbons (Fsp3) is 0.529. The van der Waals surface area contributed by atoms with Gasteiger partial charge in [-0.15, -0.1) is 0 Å². The van der Waals surface area contributed by atoms with E-state index in [9.17, 15) is 14.4 Å². The van der Waals surface area contributed by atoms with Gasteiger partial charge in [-0.3, -0.25) is 18.7 Å². The molecule has 1 aliphatic heterocycles. The van der Waals surface area contributed by atoms with E-state index in [0.717, 1.165) is 23.8 Å². The monoisotopic (exact) mass is 345 g/mol. The summed E-state index contributed by atoms with van der Waals surface area (Å²) in [5.41, 5.74) is 5.59. The zero-order chi connectivity index (χ0) is 18.3. The first-order valence-electron chi connectivity index (χ1n) is 8.46. The molecular formula is C17H23N5O3. The smallest absolute Gasteiger partial charge is 0.332 e. The third-order valence-electron chi connectivity index (χ3n) is 4.94. The normalized spacial score (nSPS) is 19.2. The van der Waals surface area contributed by atoms with Crippen molar-refractivity contribution in [2.75, 3.05) is 6.54 Å². The van der Waals surface area contributed by atoms with Gasteiger partial charge in [0, 0.05) is 32.7 Å². The Labute approximate surface area is 144 Å². The molecule has 1 amide bonds. The van der Waals surface area contributed by atoms with Gasteiger partial charge >= 0.3 is 5.69 Å². The maximum atomic E-state index is 12.9. The molecular weight excluding hydrogens is 322 g/mol. The van der Waals surface area contributed by atoms with Gasteiger partial charge in [0.15, 0.2) is 0 Å². The van der Waals surface area contributed by atoms with E-state index in [1.807, 2.05) is 6.92 Å². The number of hydrogen-bond acceptors (Lipinski definition) is 5. The van der Waals surface area contributed by atoms with E-state index in [4.69, 9.17) is 5.73 Å². The number of carbonyl (C=O) groups excluding carboxylic acids is 1. The third kappa shape index (κ3) is 2.86. The van der Waals surface area contributed by atoms with Crippen LogP contribution in [0.2, 0.25) is 0 Å². The molecule has 25 heavy (non-hydrogen) atoms. The predicted octanol–water partition coefficient (Wildman–Crippen LogP) is -0.0259. The van der Waals surface area contributed by atoms with Crippen molar-refractivity contribution in [2.45, 2.75) is 38.3 Å². The standard InChI is InChI=1S/C17H23N5O3/c1-10(18)13-6-4-5-9-22(13)16(24)12-8-7-11-14(19-12)20(2)17(25)21(3)15(11)23/h7-8,10,13H,4-6,9,18H2,1-3H3. The van der Waals surface area contributed by atoms with E-state index < -0.39 is 11.2 Å². The van der Waals surface area contributed by atoms with Crippen molar-refractivity contribution in [1.82, 2.24) is 19.0 Å². The SMILES string of the molecule is CC(N)C1CCCCN1C(=O)c1ccc2c(=O)n(C)c(=O)n(C)c2n1. The lowest BCUT2D eigenvalue weighted by Gasteiger charge is -2.37. The molecule has 134 valence electrons. The van der Waals surface area contributed by atoms with Crippen molar-refractivity contribution < 1.29 is 4.79 Å². The highest BCUT2D eigenvalue weighted by atomic mass is 16.2. The number of fused-ring (bicyclic) bond motifs is 1. The van der Waals surface area contributed by atoms with Crippen LogP contribution in [0.4, 0.5) is 0 Å². The minimum Gasteiger partial charge on any atom is -0.333 e. The van der Waals surface area contributed by atoms with Gasteiger partial charge in [0.2, 0.25) is 0 Å². The Bertz CT molecular complexity index is 944. The van der Waals surface area contributed by atoms with Crippen molar-refractivity contribution >= 4 is 16.9 Å². The highest BCUT2D eigenvalue weighted by molar-refractivity contribution is 5.94. The van der Waals surface area contributed by atoms with Crippen LogP contribution in [0.3, 0.4) is 0 Å². The van der Waals surface area contributed by atoms with Crippen LogP contribution in [0.1, 0.15) is 36.7 Å². The van der Waals surface area contributed by atoms with Crippen molar-refractivity contribution in [2.24, 2.45) is 19.8 Å². The first-order valence-corrected chi connectivity index (χ1v) is 8.46. The summed E-state index contributed by atoms with van der Waals surface area (Å²) < 4.78 is 2.31. The van der Waals surface area contributed by atoms with Crippen molar-refractivity contribution in [3.8, 4) is 0 Å². The second kappa shape index (κ2) is 6.44. The molecule has 0 spiro atoms. The molecule has 3 heterocycles. The molecule has 1 aliphatic rings. The van der Waals surface area contributed by atoms with Crippen molar-refractivity contribution in [3.63, 3.8) is 0 Å². The Morgan fingerprint density at radius 3 is 2.64 bits per heavy atom. The first-order chi connectivity index (χ1) is 11.8. The lowest BCUT2D eigenvalue weighted by atomic mass is 9.96. The Kier molecular flexibility index (Phi) is 4.47. The summed E-state index contributed by atoms with van der Waals surface area (Å²) in [5.74, 6) is -0.211. The van der Waals surface area contributed by atoms with Crippen LogP contribution in [0.5, 0.6) is 0 Å². The molecule has 2 unspecified atom stereocenters. The number of aromatic nitrogens is 3. The molecule has 0 aliphatic carbocycles. The first kappa shape index (κ1) is 17.3. The molecule has 3 rings (SSSR count). The summed E-state index contributed by atoms with van der Waals surface area (Å²) in [4.78, 5) is 43.4. The Hall–Kier alpha value is -2.48. The molecule has 1 fully saturated rings. The van der Waals surface area contributed by atoms with Crippen LogP contribution < -0.4 is 17.0 Å². The number of pyridine rings is 1. The van der Waals surface area contributed by atoms with Crippen LogP contribution in [0.25, 0.3) is 11.0 Å². The zero-order valence-corrected chi connectivity index (χ0v) is 14.7. The number of amides is 1. The highest BCUT2D eigenvalue weighted by Gasteiger charge is 2.30. The van der Waals surface area contributed by atoms with Gasteiger partial charge in [-0.05, 0) is 38.3 Å². The molecule has 2 atom stereocenters. The van der Waals surface area contributed by atoms with Gasteiger partial charge in [0.1, 0.15) is 11.3 Å². The molecule has 2 N–H and O–H groups in total. The second-order valence-electron chi connectivity index (χ2n) is 6.69. The average molecular weight is 345 g/mol. The van der Waals surface area contributed by atoms with E-state index in [2.05, 4.69) is 4.98 Å². The fourth-order valence-electron chi connectivity index (χ4n) is 3.48. The Morgan fingerprint density at radius 2 is 1.96 bits per heavy atom. The van der Waals surface area contributed by atoms with Gasteiger partial charge in [-0.2, -0.15) is 0 Å². The zero-order valence-electron chi connectivity index (χ0n) is 14.7. The third-order valence-corrected chi connectivity index (χ3v) is 4.94. The van der Waals surface area contributed by atoms with Gasteiger partial charge in [-0.1, -0.05) is 0 Å². The van der Waals surface area contributed by atoms with Crippen LogP contribution in [-0.4, -0.2) is 43.6 Å². The molecule has 0 saturated carbocycles. The Balaban J connectivity index is 2.09. The van der Waals surface area contributed by atoms with E-state index in [1.165, 1.54) is 18.7 Å². The number of likely N-dealkylation sites (tertiary alicyclic amines) is 1. The molecule has 0 radical (unpaired) electrons. The number of nitrogens with zero attached hydrogens (tertiary/aromatic N) is 4. The van der Waals surface area contributed by atoms with Crippen molar-refractivity contribution in [3.05, 3.63) is 38.7 Å². The molecule has 8 heteroatoms. The summed E-state index contributed by atoms with van der Waals surface area (Å²) in [5, 5.41) is 0.309. The fourth-order valence-corrected chi connectivity index (χ4v) is 3.48. The second-order valence-corrected chi connectivity index (χ2v) is 6.69. The van der Waals surface area contributed by atoms with Crippen LogP contribution in [0.15, 0.2) is 21.7 Å². The molecule has 8 nitrogen and oxygen atoms in total. The summed E-state index contributed by atoms with van der Waals surface area (Å²) in [6.07, 6.45) is 2.85. The molecule has 0 aromatic carbocycles. The number of piperidine rings is 1. The minimum atomic E-state index is -0.471. The van der Waals surface area contributed by atoms with Crippen LogP contribution >= 0.6 is 0 Å². The van der Waals surface area contributed by atoms with Crippen LogP contribution in [0, 0.1) is 0 Å². The number of hydrogen-bond donors (Lipinski definition) is 1. The number of nitrogens with two attached hydrogens (primary N) is 1. The number of aryl methyl sites for hydroxylation is 1. The maximum absolute atomic E-state index is 12.9. The van der Waals surface area contributed by atoms with E-state index in [0.29, 0.717) is 11.9 Å². The highest BCUT2D eigenvalue weighted by Crippen LogP contribution is 2.21. The molecule has 1 saturated heterocycles. The summed E-state index contributed by atoms with van der Waals surface area (Å²) >= 11 is 0. The Morgan fingerprint density at radius 1 is 1.24 bits per heavy atom. The minimum absolute atomic E-state index is 0.0220. The number of rotatable bonds is 2. The lowest BCUT2D eigenvalue weighted by molar-refractivity contribution is 0.0578. The van der Waals surface area contributed by atoms with E-state index >= 15 is 0 Å². The van der Waals surface area contributed by atoms with Gasteiger partial charge in [-0.25, -0.2) is 9.78 Å². The predicted molar refractivity (Wildman–Crippen MR) is 94.5 cm³/mol. The number of carbonyl (C=O) groups is 1. The summed E-state index contributed by atoms with van der Waals surface area (Å²) in [6.45, 7) is 2.54. The maximum Gasteiger partial charge on any atom is 0.332 e. The van der Waals surface area contributed by atoms with Gasteiger partial charge in [0.25, 0.3) is 11.5 Å². The topological polar surface area (TPSA) is 103 Å². The van der Waals surface area contributed by atoms with Crippen molar-refractivity contribution in [1.29, 1.82) is 0 Å².